The molecule has 2 N–H and O–H groups in total. The Hall–Kier alpha value is -2.41. The molecule has 1 aromatic heterocycles. The second-order valence-electron chi connectivity index (χ2n) is 5.61. The molecule has 7 nitrogen and oxygen atoms in total. The molecule has 1 saturated carbocycles. The predicted octanol–water partition coefficient (Wildman–Crippen LogP) is 1.66. The zero-order valence-electron chi connectivity index (χ0n) is 12.8. The van der Waals surface area contributed by atoms with E-state index in [4.69, 9.17) is 9.26 Å². The molecule has 1 aliphatic rings. The van der Waals surface area contributed by atoms with Crippen molar-refractivity contribution in [2.75, 3.05) is 6.54 Å². The van der Waals surface area contributed by atoms with Crippen LogP contribution in [0.25, 0.3) is 0 Å². The van der Waals surface area contributed by atoms with Crippen molar-refractivity contribution in [3.8, 4) is 0 Å². The molecular weight excluding hydrogens is 296 g/mol. The summed E-state index contributed by atoms with van der Waals surface area (Å²) in [7, 11) is 0. The molecule has 1 fully saturated rings. The zero-order valence-corrected chi connectivity index (χ0v) is 12.8. The molecule has 1 amide bonds. The molecule has 23 heavy (non-hydrogen) atoms. The minimum atomic E-state index is -0.358. The van der Waals surface area contributed by atoms with Crippen molar-refractivity contribution in [3.05, 3.63) is 48.1 Å². The first-order valence-corrected chi connectivity index (χ1v) is 7.76. The van der Waals surface area contributed by atoms with Gasteiger partial charge in [-0.05, 0) is 18.4 Å². The van der Waals surface area contributed by atoms with Gasteiger partial charge >= 0.3 is 6.09 Å². The third-order valence-electron chi connectivity index (χ3n) is 3.85. The third-order valence-corrected chi connectivity index (χ3v) is 3.85. The number of hydrogen-bond donors (Lipinski definition) is 2. The van der Waals surface area contributed by atoms with Gasteiger partial charge in [0.05, 0.1) is 0 Å². The van der Waals surface area contributed by atoms with E-state index in [2.05, 4.69) is 20.8 Å². The summed E-state index contributed by atoms with van der Waals surface area (Å²) in [6.07, 6.45) is 3.57. The fourth-order valence-electron chi connectivity index (χ4n) is 2.52. The number of ether oxygens (including phenoxy) is 1. The molecule has 0 spiro atoms. The summed E-state index contributed by atoms with van der Waals surface area (Å²) in [5.74, 6) is 0.635. The summed E-state index contributed by atoms with van der Waals surface area (Å²) in [5.41, 5.74) is 0.983. The Balaban J connectivity index is 1.25. The Morgan fingerprint density at radius 2 is 2.09 bits per heavy atom. The average molecular weight is 316 g/mol. The van der Waals surface area contributed by atoms with Gasteiger partial charge in [0.15, 0.2) is 6.33 Å². The second kappa shape index (κ2) is 7.73. The lowest BCUT2D eigenvalue weighted by Crippen LogP contribution is -2.52. The van der Waals surface area contributed by atoms with Crippen molar-refractivity contribution in [1.29, 1.82) is 0 Å². The van der Waals surface area contributed by atoms with Crippen molar-refractivity contribution < 1.29 is 14.1 Å². The number of nitrogens with zero attached hydrogens (tertiary/aromatic N) is 2. The van der Waals surface area contributed by atoms with Gasteiger partial charge in [0.25, 0.3) is 0 Å². The van der Waals surface area contributed by atoms with Gasteiger partial charge in [-0.25, -0.2) is 4.79 Å². The zero-order chi connectivity index (χ0) is 15.9. The SMILES string of the molecule is O=C(NC1CC(NCCc2ncno2)C1)OCc1ccccc1. The van der Waals surface area contributed by atoms with Crippen molar-refractivity contribution in [2.24, 2.45) is 0 Å². The van der Waals surface area contributed by atoms with E-state index in [1.54, 1.807) is 0 Å². The predicted molar refractivity (Wildman–Crippen MR) is 82.6 cm³/mol. The molecule has 2 aromatic rings. The van der Waals surface area contributed by atoms with Crippen LogP contribution in [-0.4, -0.2) is 34.9 Å². The highest BCUT2D eigenvalue weighted by Gasteiger charge is 2.30. The molecule has 1 aromatic carbocycles. The number of alkyl carbamates (subject to hydrolysis) is 1. The van der Waals surface area contributed by atoms with Crippen LogP contribution in [0.15, 0.2) is 41.2 Å². The van der Waals surface area contributed by atoms with Crippen LogP contribution in [0, 0.1) is 0 Å². The van der Waals surface area contributed by atoms with Crippen molar-refractivity contribution in [2.45, 2.75) is 38.0 Å². The van der Waals surface area contributed by atoms with Crippen LogP contribution >= 0.6 is 0 Å². The summed E-state index contributed by atoms with van der Waals surface area (Å²) in [5, 5.41) is 9.84. The van der Waals surface area contributed by atoms with Gasteiger partial charge in [-0.15, -0.1) is 0 Å². The van der Waals surface area contributed by atoms with E-state index in [1.165, 1.54) is 6.33 Å². The monoisotopic (exact) mass is 316 g/mol. The lowest BCUT2D eigenvalue weighted by molar-refractivity contribution is 0.125. The molecular formula is C16H20N4O3. The molecule has 0 radical (unpaired) electrons. The van der Waals surface area contributed by atoms with E-state index < -0.39 is 0 Å². The Labute approximate surface area is 134 Å². The fraction of sp³-hybridized carbons (Fsp3) is 0.438. The molecule has 0 bridgehead atoms. The molecule has 122 valence electrons. The smallest absolute Gasteiger partial charge is 0.407 e. The van der Waals surface area contributed by atoms with Crippen LogP contribution in [0.1, 0.15) is 24.3 Å². The standard InChI is InChI=1S/C16H20N4O3/c21-16(22-10-12-4-2-1-3-5-12)20-14-8-13(9-14)17-7-6-15-18-11-19-23-15/h1-5,11,13-14,17H,6-10H2,(H,20,21). The summed E-state index contributed by atoms with van der Waals surface area (Å²) >= 11 is 0. The number of nitrogens with one attached hydrogen (secondary N) is 2. The van der Waals surface area contributed by atoms with Crippen molar-refractivity contribution >= 4 is 6.09 Å². The molecule has 0 saturated heterocycles. The molecule has 1 heterocycles. The normalized spacial score (nSPS) is 19.8. The number of hydrogen-bond acceptors (Lipinski definition) is 6. The Kier molecular flexibility index (Phi) is 5.21. The maximum absolute atomic E-state index is 11.7. The first-order valence-electron chi connectivity index (χ1n) is 7.76. The second-order valence-corrected chi connectivity index (χ2v) is 5.61. The lowest BCUT2D eigenvalue weighted by atomic mass is 9.87. The minimum Gasteiger partial charge on any atom is -0.445 e. The van der Waals surface area contributed by atoms with Gasteiger partial charge in [0.2, 0.25) is 5.89 Å². The number of aromatic nitrogens is 2. The minimum absolute atomic E-state index is 0.180. The van der Waals surface area contributed by atoms with E-state index in [0.717, 1.165) is 24.9 Å². The van der Waals surface area contributed by atoms with Gasteiger partial charge in [-0.2, -0.15) is 4.98 Å². The molecule has 7 heteroatoms. The number of amides is 1. The maximum atomic E-state index is 11.7. The Morgan fingerprint density at radius 3 is 2.83 bits per heavy atom. The number of carbonyl (C=O) groups excluding carboxylic acids is 1. The highest BCUT2D eigenvalue weighted by Crippen LogP contribution is 2.20. The third kappa shape index (κ3) is 4.79. The Morgan fingerprint density at radius 1 is 1.26 bits per heavy atom. The van der Waals surface area contributed by atoms with Crippen LogP contribution in [0.5, 0.6) is 0 Å². The topological polar surface area (TPSA) is 89.3 Å². The van der Waals surface area contributed by atoms with Gasteiger partial charge < -0.3 is 19.9 Å². The molecule has 0 atom stereocenters. The van der Waals surface area contributed by atoms with E-state index in [0.29, 0.717) is 25.0 Å². The van der Waals surface area contributed by atoms with E-state index in [9.17, 15) is 4.79 Å². The summed E-state index contributed by atoms with van der Waals surface area (Å²) in [6.45, 7) is 1.09. The first-order chi connectivity index (χ1) is 11.3. The Bertz CT molecular complexity index is 597. The molecule has 0 aliphatic heterocycles. The highest BCUT2D eigenvalue weighted by atomic mass is 16.5. The maximum Gasteiger partial charge on any atom is 0.407 e. The van der Waals surface area contributed by atoms with Gasteiger partial charge in [0.1, 0.15) is 6.61 Å². The quantitative estimate of drug-likeness (QED) is 0.807. The summed E-state index contributed by atoms with van der Waals surface area (Å²) in [4.78, 5) is 15.7. The number of benzene rings is 1. The lowest BCUT2D eigenvalue weighted by Gasteiger charge is -2.36. The summed E-state index contributed by atoms with van der Waals surface area (Å²) < 4.78 is 10.1. The fourth-order valence-corrected chi connectivity index (χ4v) is 2.52. The molecule has 1 aliphatic carbocycles. The number of carbonyl (C=O) groups is 1. The van der Waals surface area contributed by atoms with Crippen molar-refractivity contribution in [3.63, 3.8) is 0 Å². The van der Waals surface area contributed by atoms with Crippen LogP contribution in [0.3, 0.4) is 0 Å². The van der Waals surface area contributed by atoms with E-state index >= 15 is 0 Å². The number of rotatable bonds is 7. The van der Waals surface area contributed by atoms with Crippen molar-refractivity contribution in [1.82, 2.24) is 20.8 Å². The van der Waals surface area contributed by atoms with Crippen LogP contribution in [-0.2, 0) is 17.8 Å². The molecule has 3 rings (SSSR count). The summed E-state index contributed by atoms with van der Waals surface area (Å²) in [6, 6.07) is 10.2. The largest absolute Gasteiger partial charge is 0.445 e. The van der Waals surface area contributed by atoms with Crippen LogP contribution in [0.4, 0.5) is 4.79 Å². The van der Waals surface area contributed by atoms with Gasteiger partial charge in [0, 0.05) is 25.0 Å². The average Bonchev–Trinajstić information content (AvgIpc) is 3.05. The highest BCUT2D eigenvalue weighted by molar-refractivity contribution is 5.67. The van der Waals surface area contributed by atoms with Gasteiger partial charge in [-0.3, -0.25) is 0 Å². The van der Waals surface area contributed by atoms with E-state index in [-0.39, 0.29) is 12.1 Å². The molecule has 0 unspecified atom stereocenters. The van der Waals surface area contributed by atoms with Crippen LogP contribution < -0.4 is 10.6 Å². The van der Waals surface area contributed by atoms with E-state index in [1.807, 2.05) is 30.3 Å². The van der Waals surface area contributed by atoms with Crippen LogP contribution in [0.2, 0.25) is 0 Å². The first kappa shape index (κ1) is 15.5. The van der Waals surface area contributed by atoms with Gasteiger partial charge in [-0.1, -0.05) is 35.5 Å².